The minimum absolute atomic E-state index is 0.144. The number of fused-ring (bicyclic) bond motifs is 1. The van der Waals surface area contributed by atoms with Crippen LogP contribution in [0.5, 0.6) is 0 Å². The summed E-state index contributed by atoms with van der Waals surface area (Å²) in [5.74, 6) is -8.95. The van der Waals surface area contributed by atoms with Crippen LogP contribution in [-0.4, -0.2) is 81.8 Å². The highest BCUT2D eigenvalue weighted by Gasteiger charge is 2.57. The van der Waals surface area contributed by atoms with Crippen LogP contribution in [0, 0.1) is 11.3 Å². The number of imidazole rings is 1. The molecule has 2 fully saturated rings. The Bertz CT molecular complexity index is 1590. The number of amides is 2. The van der Waals surface area contributed by atoms with E-state index >= 15 is 0 Å². The minimum atomic E-state index is -3.36. The van der Waals surface area contributed by atoms with E-state index in [2.05, 4.69) is 20.8 Å². The van der Waals surface area contributed by atoms with Crippen molar-refractivity contribution < 1.29 is 36.7 Å². The zero-order chi connectivity index (χ0) is 32.7. The maximum atomic E-state index is 14.6. The summed E-state index contributed by atoms with van der Waals surface area (Å²) in [6.45, 7) is 1.38. The van der Waals surface area contributed by atoms with E-state index < -0.39 is 60.5 Å². The Morgan fingerprint density at radius 2 is 1.91 bits per heavy atom. The van der Waals surface area contributed by atoms with Crippen LogP contribution in [0.25, 0.3) is 5.65 Å². The zero-order valence-electron chi connectivity index (χ0n) is 25.4. The fourth-order valence-electron chi connectivity index (χ4n) is 6.28. The number of carbonyl (C=O) groups excluding carboxylic acids is 3. The van der Waals surface area contributed by atoms with Gasteiger partial charge in [-0.15, -0.1) is 0 Å². The maximum absolute atomic E-state index is 14.6. The van der Waals surface area contributed by atoms with Crippen molar-refractivity contribution in [3.05, 3.63) is 41.6 Å². The number of carbonyl (C=O) groups is 3. The summed E-state index contributed by atoms with van der Waals surface area (Å²) >= 11 is 0. The molecule has 5 rings (SSSR count). The number of aryl methyl sites for hydroxylation is 1. The number of esters is 1. The molecule has 3 aromatic rings. The molecule has 2 atom stereocenters. The van der Waals surface area contributed by atoms with Crippen LogP contribution < -0.4 is 15.5 Å². The fourth-order valence-corrected chi connectivity index (χ4v) is 6.28. The van der Waals surface area contributed by atoms with Crippen molar-refractivity contribution in [1.29, 1.82) is 0 Å². The van der Waals surface area contributed by atoms with E-state index in [-0.39, 0.29) is 37.3 Å². The predicted molar refractivity (Wildman–Crippen MR) is 153 cm³/mol. The Morgan fingerprint density at radius 3 is 2.56 bits per heavy atom. The summed E-state index contributed by atoms with van der Waals surface area (Å²) in [6.07, 6.45) is 1.10. The average molecular weight is 637 g/mol. The molecule has 1 aliphatic carbocycles. The minimum Gasteiger partial charge on any atom is -0.468 e. The number of ether oxygens (including phenoxy) is 1. The van der Waals surface area contributed by atoms with Crippen molar-refractivity contribution in [2.45, 2.75) is 69.9 Å². The summed E-state index contributed by atoms with van der Waals surface area (Å²) in [5.41, 5.74) is -0.688. The van der Waals surface area contributed by atoms with Gasteiger partial charge in [0.15, 0.2) is 11.1 Å². The van der Waals surface area contributed by atoms with E-state index in [0.717, 1.165) is 7.11 Å². The molecule has 0 aromatic carbocycles. The summed E-state index contributed by atoms with van der Waals surface area (Å²) in [4.78, 5) is 45.6. The van der Waals surface area contributed by atoms with Gasteiger partial charge < -0.3 is 20.3 Å². The molecule has 2 amide bonds. The molecule has 12 nitrogen and oxygen atoms in total. The van der Waals surface area contributed by atoms with Gasteiger partial charge in [0.25, 0.3) is 11.8 Å². The van der Waals surface area contributed by atoms with Gasteiger partial charge in [0.2, 0.25) is 11.8 Å². The quantitative estimate of drug-likeness (QED) is 0.208. The number of alkyl halides is 4. The van der Waals surface area contributed by atoms with E-state index in [4.69, 9.17) is 9.72 Å². The van der Waals surface area contributed by atoms with Gasteiger partial charge in [-0.2, -0.15) is 10.2 Å². The van der Waals surface area contributed by atoms with Gasteiger partial charge in [0.05, 0.1) is 43.0 Å². The standard InChI is InChI=1S/C29H36F4N8O4/c1-5-40-20(8-11-35-40)24(42)37-23(17-6-9-28(30,31)10-7-17)19-14-41-22(36-19)12-21(39(2)3)18(38-41)13-27(26(44)45-4)15-29(32,33)16-34-25(27)43/h8,11-12,14,17,23H,5-7,9-10,13,15-16H2,1-4H3,(H,34,43)(H,37,42)/t23-,27?/m0/s1. The SMILES string of the molecule is CCn1nccc1C(=O)N[C@H](c1cn2nc(CC3(C(=O)OC)CC(F)(F)CNC3=O)c(N(C)C)cc2n1)C1CCC(F)(F)CC1. The Balaban J connectivity index is 1.56. The van der Waals surface area contributed by atoms with Crippen molar-refractivity contribution in [2.75, 3.05) is 32.6 Å². The van der Waals surface area contributed by atoms with Gasteiger partial charge in [-0.3, -0.25) is 19.1 Å². The van der Waals surface area contributed by atoms with E-state index in [9.17, 15) is 31.9 Å². The second-order valence-electron chi connectivity index (χ2n) is 12.0. The molecule has 0 spiro atoms. The Morgan fingerprint density at radius 1 is 1.20 bits per heavy atom. The number of aromatic nitrogens is 5. The van der Waals surface area contributed by atoms with Crippen LogP contribution in [0.2, 0.25) is 0 Å². The molecule has 0 bridgehead atoms. The molecule has 3 aromatic heterocycles. The number of methoxy groups -OCH3 is 1. The molecule has 4 heterocycles. The maximum Gasteiger partial charge on any atom is 0.322 e. The Kier molecular flexibility index (Phi) is 8.53. The number of piperidine rings is 1. The number of halogens is 4. The molecule has 1 saturated heterocycles. The number of nitrogens with zero attached hydrogens (tertiary/aromatic N) is 6. The predicted octanol–water partition coefficient (Wildman–Crippen LogP) is 3.17. The van der Waals surface area contributed by atoms with Crippen LogP contribution in [0.1, 0.15) is 66.9 Å². The summed E-state index contributed by atoms with van der Waals surface area (Å²) in [7, 11) is 4.39. The summed E-state index contributed by atoms with van der Waals surface area (Å²) in [6, 6.07) is 2.43. The molecule has 45 heavy (non-hydrogen) atoms. The van der Waals surface area contributed by atoms with Crippen molar-refractivity contribution >= 4 is 29.1 Å². The second kappa shape index (κ2) is 11.9. The van der Waals surface area contributed by atoms with E-state index in [1.165, 1.54) is 21.6 Å². The molecule has 1 saturated carbocycles. The van der Waals surface area contributed by atoms with Crippen LogP contribution in [-0.2, 0) is 27.3 Å². The van der Waals surface area contributed by atoms with Crippen molar-refractivity contribution in [2.24, 2.45) is 11.3 Å². The second-order valence-corrected chi connectivity index (χ2v) is 12.0. The third kappa shape index (κ3) is 6.31. The fraction of sp³-hybridized carbons (Fsp3) is 0.586. The molecule has 0 radical (unpaired) electrons. The first-order valence-corrected chi connectivity index (χ1v) is 14.7. The largest absolute Gasteiger partial charge is 0.468 e. The first kappa shape index (κ1) is 32.2. The molecule has 2 N–H and O–H groups in total. The highest BCUT2D eigenvalue weighted by molar-refractivity contribution is 6.03. The first-order valence-electron chi connectivity index (χ1n) is 14.7. The summed E-state index contributed by atoms with van der Waals surface area (Å²) < 4.78 is 65.1. The number of nitrogens with one attached hydrogen (secondary N) is 2. The summed E-state index contributed by atoms with van der Waals surface area (Å²) in [5, 5.41) is 13.8. The van der Waals surface area contributed by atoms with Crippen LogP contribution >= 0.6 is 0 Å². The lowest BCUT2D eigenvalue weighted by Gasteiger charge is -2.37. The third-order valence-corrected chi connectivity index (χ3v) is 8.64. The lowest BCUT2D eigenvalue weighted by Crippen LogP contribution is -2.59. The molecular weight excluding hydrogens is 600 g/mol. The van der Waals surface area contributed by atoms with Gasteiger partial charge in [0, 0.05) is 58.6 Å². The van der Waals surface area contributed by atoms with Crippen molar-refractivity contribution in [1.82, 2.24) is 35.0 Å². The van der Waals surface area contributed by atoms with Gasteiger partial charge in [-0.25, -0.2) is 27.1 Å². The Labute approximate surface area is 256 Å². The smallest absolute Gasteiger partial charge is 0.322 e. The Hall–Kier alpha value is -4.24. The molecular formula is C29H36F4N8O4. The van der Waals surface area contributed by atoms with Crippen LogP contribution in [0.4, 0.5) is 23.2 Å². The van der Waals surface area contributed by atoms with E-state index in [0.29, 0.717) is 29.3 Å². The molecule has 1 unspecified atom stereocenters. The highest BCUT2D eigenvalue weighted by Crippen LogP contribution is 2.43. The number of hydrogen-bond donors (Lipinski definition) is 2. The van der Waals surface area contributed by atoms with Crippen molar-refractivity contribution in [3.8, 4) is 0 Å². The molecule has 16 heteroatoms. The number of hydrogen-bond acceptors (Lipinski definition) is 8. The monoisotopic (exact) mass is 636 g/mol. The third-order valence-electron chi connectivity index (χ3n) is 8.64. The van der Waals surface area contributed by atoms with Gasteiger partial charge in [-0.05, 0) is 31.7 Å². The lowest BCUT2D eigenvalue weighted by atomic mass is 9.74. The van der Waals surface area contributed by atoms with E-state index in [1.54, 1.807) is 31.1 Å². The number of anilines is 1. The average Bonchev–Trinajstić information content (AvgIpc) is 3.63. The highest BCUT2D eigenvalue weighted by atomic mass is 19.3. The lowest BCUT2D eigenvalue weighted by molar-refractivity contribution is -0.172. The molecule has 244 valence electrons. The topological polar surface area (TPSA) is 136 Å². The molecule has 2 aliphatic rings. The number of rotatable bonds is 9. The molecule has 1 aliphatic heterocycles. The van der Waals surface area contributed by atoms with Crippen LogP contribution in [0.15, 0.2) is 24.5 Å². The first-order chi connectivity index (χ1) is 21.2. The van der Waals surface area contributed by atoms with E-state index in [1.807, 2.05) is 6.92 Å². The van der Waals surface area contributed by atoms with Gasteiger partial charge in [-0.1, -0.05) is 0 Å². The normalized spacial score (nSPS) is 22.1. The van der Waals surface area contributed by atoms with Crippen molar-refractivity contribution in [3.63, 3.8) is 0 Å². The van der Waals surface area contributed by atoms with Gasteiger partial charge in [0.1, 0.15) is 5.69 Å². The van der Waals surface area contributed by atoms with Gasteiger partial charge >= 0.3 is 5.97 Å². The zero-order valence-corrected chi connectivity index (χ0v) is 25.4. The van der Waals surface area contributed by atoms with Crippen LogP contribution in [0.3, 0.4) is 0 Å².